The number of rotatable bonds is 8. The molecule has 1 aliphatic rings. The van der Waals surface area contributed by atoms with Crippen molar-refractivity contribution in [1.82, 2.24) is 9.55 Å². The van der Waals surface area contributed by atoms with Crippen LogP contribution in [0.3, 0.4) is 0 Å². The molecule has 1 aliphatic heterocycles. The van der Waals surface area contributed by atoms with Gasteiger partial charge in [-0.2, -0.15) is 4.39 Å². The molecule has 2 heterocycles. The molecule has 9 heteroatoms. The van der Waals surface area contributed by atoms with E-state index < -0.39 is 47.2 Å². The average Bonchev–Trinajstić information content (AvgIpc) is 3.33. The predicted octanol–water partition coefficient (Wildman–Crippen LogP) is 4.10. The molecule has 0 unspecified atom stereocenters. The van der Waals surface area contributed by atoms with Crippen molar-refractivity contribution in [1.29, 1.82) is 0 Å². The van der Waals surface area contributed by atoms with E-state index in [0.717, 1.165) is 27.5 Å². The molecule has 5 rings (SSSR count). The molecule has 0 amide bonds. The van der Waals surface area contributed by atoms with E-state index in [4.69, 9.17) is 9.47 Å². The number of ether oxygens (including phenoxy) is 2. The number of hydrogen-bond donors (Lipinski definition) is 2. The zero-order chi connectivity index (χ0) is 26.8. The molecular weight excluding hydrogens is 555 g/mol. The summed E-state index contributed by atoms with van der Waals surface area (Å²) >= 11 is 3.47. The summed E-state index contributed by atoms with van der Waals surface area (Å²) in [6.07, 6.45) is -0.835. The number of benzene rings is 3. The number of nitrogens with zero attached hydrogens (tertiary/aromatic N) is 1. The molecule has 0 saturated carbocycles. The minimum Gasteiger partial charge on any atom is -0.393 e. The third-order valence-corrected chi connectivity index (χ3v) is 7.91. The average molecular weight is 581 g/mol. The van der Waals surface area contributed by atoms with E-state index in [1.54, 1.807) is 0 Å². The maximum atomic E-state index is 14.2. The van der Waals surface area contributed by atoms with E-state index in [9.17, 15) is 19.1 Å². The zero-order valence-corrected chi connectivity index (χ0v) is 21.9. The summed E-state index contributed by atoms with van der Waals surface area (Å²) in [5.41, 5.74) is -1.75. The Morgan fingerprint density at radius 2 is 1.47 bits per heavy atom. The van der Waals surface area contributed by atoms with Crippen LogP contribution < -0.4 is 11.2 Å². The van der Waals surface area contributed by atoms with Gasteiger partial charge in [-0.15, -0.1) is 0 Å². The first-order valence-corrected chi connectivity index (χ1v) is 13.3. The zero-order valence-electron chi connectivity index (χ0n) is 20.3. The Morgan fingerprint density at radius 1 is 0.974 bits per heavy atom. The van der Waals surface area contributed by atoms with Crippen molar-refractivity contribution in [3.8, 4) is 0 Å². The van der Waals surface area contributed by atoms with Gasteiger partial charge < -0.3 is 14.6 Å². The lowest BCUT2D eigenvalue weighted by atomic mass is 9.79. The molecular formula is C29H26BrFN2O5. The molecule has 0 aliphatic carbocycles. The molecule has 3 atom stereocenters. The lowest BCUT2D eigenvalue weighted by Crippen LogP contribution is -2.50. The number of aliphatic hydroxyl groups excluding tert-OH is 1. The first kappa shape index (κ1) is 26.2. The van der Waals surface area contributed by atoms with Gasteiger partial charge in [-0.25, -0.2) is 4.79 Å². The monoisotopic (exact) mass is 580 g/mol. The van der Waals surface area contributed by atoms with Crippen LogP contribution in [0.2, 0.25) is 0 Å². The molecule has 7 nitrogen and oxygen atoms in total. The molecule has 2 N–H and O–H groups in total. The first-order chi connectivity index (χ1) is 18.4. The highest BCUT2D eigenvalue weighted by atomic mass is 79.9. The van der Waals surface area contributed by atoms with Gasteiger partial charge in [-0.3, -0.25) is 14.3 Å². The van der Waals surface area contributed by atoms with Gasteiger partial charge in [0, 0.05) is 11.8 Å². The molecule has 0 bridgehead atoms. The number of nitrogens with one attached hydrogen (secondary N) is 1. The van der Waals surface area contributed by atoms with E-state index in [1.165, 1.54) is 0 Å². The Morgan fingerprint density at radius 3 is 1.92 bits per heavy atom. The summed E-state index contributed by atoms with van der Waals surface area (Å²) in [6, 6.07) is 29.2. The van der Waals surface area contributed by atoms with Crippen LogP contribution in [-0.4, -0.2) is 38.3 Å². The summed E-state index contributed by atoms with van der Waals surface area (Å²) in [5.74, 6) is -1.11. The van der Waals surface area contributed by atoms with E-state index in [0.29, 0.717) is 0 Å². The quantitative estimate of drug-likeness (QED) is 0.242. The van der Waals surface area contributed by atoms with E-state index in [1.807, 2.05) is 96.0 Å². The molecule has 4 aromatic rings. The highest BCUT2D eigenvalue weighted by Crippen LogP contribution is 2.47. The largest absolute Gasteiger partial charge is 0.393 e. The van der Waals surface area contributed by atoms with Crippen LogP contribution >= 0.6 is 15.9 Å². The SMILES string of the molecule is O=c1[nH]c(=O)n([C@H]2C[C@H](OC(c3ccccc3)(c3ccccc3)c3ccccc3)[C@](CO)(CBr)O2)cc1F. The normalized spacial score (nSPS) is 21.4. The Kier molecular flexibility index (Phi) is 7.45. The standard InChI is InChI=1S/C29H26BrFN2O5/c30-18-28(19-34)24(16-25(38-28)33-17-23(31)26(35)32-27(33)36)37-29(20-10-4-1-5-11-20,21-12-6-2-7-13-21)22-14-8-3-9-15-22/h1-15,17,24-25,34H,16,18-19H2,(H,32,35,36)/t24-,25+,28+/m0/s1. The Hall–Kier alpha value is -3.37. The Labute approximate surface area is 226 Å². The van der Waals surface area contributed by atoms with Crippen LogP contribution in [0.1, 0.15) is 29.3 Å². The van der Waals surface area contributed by atoms with E-state index >= 15 is 0 Å². The minimum atomic E-state index is -1.28. The second-order valence-electron chi connectivity index (χ2n) is 9.19. The fourth-order valence-corrected chi connectivity index (χ4v) is 5.70. The molecule has 0 spiro atoms. The second-order valence-corrected chi connectivity index (χ2v) is 9.75. The van der Waals surface area contributed by atoms with Gasteiger partial charge in [0.15, 0.2) is 0 Å². The molecule has 38 heavy (non-hydrogen) atoms. The van der Waals surface area contributed by atoms with Crippen molar-refractivity contribution in [2.24, 2.45) is 0 Å². The van der Waals surface area contributed by atoms with Gasteiger partial charge in [0.2, 0.25) is 5.82 Å². The molecule has 1 saturated heterocycles. The molecule has 1 aromatic heterocycles. The van der Waals surface area contributed by atoms with Gasteiger partial charge in [0.05, 0.1) is 18.9 Å². The molecule has 0 radical (unpaired) electrons. The third kappa shape index (κ3) is 4.56. The van der Waals surface area contributed by atoms with E-state index in [-0.39, 0.29) is 11.8 Å². The number of aliphatic hydroxyl groups is 1. The number of hydrogen-bond acceptors (Lipinski definition) is 5. The van der Waals surface area contributed by atoms with Crippen LogP contribution in [-0.2, 0) is 15.1 Å². The summed E-state index contributed by atoms with van der Waals surface area (Å²) in [6.45, 7) is -0.436. The summed E-state index contributed by atoms with van der Waals surface area (Å²) in [5, 5.41) is 10.7. The van der Waals surface area contributed by atoms with Crippen LogP contribution in [0, 0.1) is 5.82 Å². The van der Waals surface area contributed by atoms with Crippen molar-refractivity contribution in [2.75, 3.05) is 11.9 Å². The third-order valence-electron chi connectivity index (χ3n) is 6.96. The van der Waals surface area contributed by atoms with Crippen LogP contribution in [0.4, 0.5) is 4.39 Å². The molecule has 1 fully saturated rings. The summed E-state index contributed by atoms with van der Waals surface area (Å²) in [4.78, 5) is 26.2. The van der Waals surface area contributed by atoms with Crippen LogP contribution in [0.5, 0.6) is 0 Å². The highest BCUT2D eigenvalue weighted by molar-refractivity contribution is 9.09. The van der Waals surface area contributed by atoms with Gasteiger partial charge in [-0.1, -0.05) is 107 Å². The molecule has 196 valence electrons. The summed E-state index contributed by atoms with van der Waals surface area (Å²) < 4.78 is 28.5. The van der Waals surface area contributed by atoms with Crippen LogP contribution in [0.15, 0.2) is 107 Å². The summed E-state index contributed by atoms with van der Waals surface area (Å²) in [7, 11) is 0. The molecule has 3 aromatic carbocycles. The van der Waals surface area contributed by atoms with Gasteiger partial charge in [-0.05, 0) is 16.7 Å². The Bertz CT molecular complexity index is 1390. The topological polar surface area (TPSA) is 93.6 Å². The first-order valence-electron chi connectivity index (χ1n) is 12.1. The van der Waals surface area contributed by atoms with Crippen molar-refractivity contribution in [3.63, 3.8) is 0 Å². The van der Waals surface area contributed by atoms with Crippen molar-refractivity contribution >= 4 is 15.9 Å². The maximum Gasteiger partial charge on any atom is 0.330 e. The lowest BCUT2D eigenvalue weighted by molar-refractivity contribution is -0.151. The Balaban J connectivity index is 1.68. The van der Waals surface area contributed by atoms with Crippen molar-refractivity contribution < 1.29 is 19.0 Å². The number of alkyl halides is 1. The fourth-order valence-electron chi connectivity index (χ4n) is 5.03. The fraction of sp³-hybridized carbons (Fsp3) is 0.241. The van der Waals surface area contributed by atoms with Crippen LogP contribution in [0.25, 0.3) is 0 Å². The van der Waals surface area contributed by atoms with Crippen molar-refractivity contribution in [3.05, 3.63) is 141 Å². The second kappa shape index (κ2) is 10.8. The number of halogens is 2. The van der Waals surface area contributed by atoms with Gasteiger partial charge >= 0.3 is 5.69 Å². The predicted molar refractivity (Wildman–Crippen MR) is 144 cm³/mol. The van der Waals surface area contributed by atoms with Gasteiger partial charge in [0.25, 0.3) is 5.56 Å². The minimum absolute atomic E-state index is 0.103. The van der Waals surface area contributed by atoms with Gasteiger partial charge in [0.1, 0.15) is 17.4 Å². The maximum absolute atomic E-state index is 14.2. The lowest BCUT2D eigenvalue weighted by Gasteiger charge is -2.41. The van der Waals surface area contributed by atoms with E-state index in [2.05, 4.69) is 15.9 Å². The smallest absolute Gasteiger partial charge is 0.330 e. The number of aromatic nitrogens is 2. The highest BCUT2D eigenvalue weighted by Gasteiger charge is 2.53. The number of H-pyrrole nitrogens is 1. The number of aromatic amines is 1. The van der Waals surface area contributed by atoms with Crippen molar-refractivity contribution in [2.45, 2.75) is 30.0 Å².